The second-order valence-electron chi connectivity index (χ2n) is 8.40. The van der Waals surface area contributed by atoms with Crippen LogP contribution in [0.5, 0.6) is 0 Å². The lowest BCUT2D eigenvalue weighted by atomic mass is 9.65. The van der Waals surface area contributed by atoms with Gasteiger partial charge < -0.3 is 15.5 Å². The fourth-order valence-electron chi connectivity index (χ4n) is 4.43. The number of amides is 3. The van der Waals surface area contributed by atoms with Crippen LogP contribution >= 0.6 is 11.6 Å². The lowest BCUT2D eigenvalue weighted by molar-refractivity contribution is 0.0671. The van der Waals surface area contributed by atoms with Crippen molar-refractivity contribution in [3.8, 4) is 0 Å². The van der Waals surface area contributed by atoms with E-state index in [0.717, 1.165) is 49.0 Å². The maximum Gasteiger partial charge on any atom is 0.315 e. The van der Waals surface area contributed by atoms with Crippen molar-refractivity contribution >= 4 is 23.5 Å². The Balaban J connectivity index is 1.22. The van der Waals surface area contributed by atoms with Gasteiger partial charge in [-0.15, -0.1) is 0 Å². The third-order valence-corrected chi connectivity index (χ3v) is 6.34. The number of carbonyl (C=O) groups is 2. The molecule has 0 atom stereocenters. The fourth-order valence-corrected chi connectivity index (χ4v) is 4.56. The molecule has 1 saturated heterocycles. The zero-order valence-corrected chi connectivity index (χ0v) is 17.3. The topological polar surface area (TPSA) is 61.4 Å². The van der Waals surface area contributed by atoms with Crippen molar-refractivity contribution in [3.05, 3.63) is 70.2 Å². The minimum Gasteiger partial charge on any atom is -0.338 e. The molecular formula is C23H26ClN3O2. The molecule has 2 aromatic rings. The Labute approximate surface area is 176 Å². The van der Waals surface area contributed by atoms with E-state index in [1.54, 1.807) is 0 Å². The zero-order valence-electron chi connectivity index (χ0n) is 16.6. The van der Waals surface area contributed by atoms with Crippen molar-refractivity contribution in [2.75, 3.05) is 13.1 Å². The van der Waals surface area contributed by atoms with Crippen LogP contribution in [-0.4, -0.2) is 36.0 Å². The fraction of sp³-hybridized carbons (Fsp3) is 0.391. The Hall–Kier alpha value is -2.53. The van der Waals surface area contributed by atoms with Crippen molar-refractivity contribution in [3.63, 3.8) is 0 Å². The molecule has 0 radical (unpaired) electrons. The summed E-state index contributed by atoms with van der Waals surface area (Å²) in [6, 6.07) is 15.2. The molecule has 3 amide bonds. The van der Waals surface area contributed by atoms with E-state index < -0.39 is 0 Å². The van der Waals surface area contributed by atoms with Gasteiger partial charge >= 0.3 is 6.03 Å². The number of nitrogens with zero attached hydrogens (tertiary/aromatic N) is 1. The van der Waals surface area contributed by atoms with Gasteiger partial charge in [-0.25, -0.2) is 4.79 Å². The van der Waals surface area contributed by atoms with Crippen LogP contribution in [0.2, 0.25) is 5.02 Å². The number of likely N-dealkylation sites (tertiary alicyclic amines) is 1. The molecule has 4 rings (SSSR count). The predicted octanol–water partition coefficient (Wildman–Crippen LogP) is 4.14. The maximum absolute atomic E-state index is 12.7. The third kappa shape index (κ3) is 4.56. The molecule has 2 N–H and O–H groups in total. The Morgan fingerprint density at radius 1 is 1.10 bits per heavy atom. The molecule has 6 heteroatoms. The summed E-state index contributed by atoms with van der Waals surface area (Å²) in [6.45, 7) is 4.07. The lowest BCUT2D eigenvalue weighted by Crippen LogP contribution is -2.54. The Kier molecular flexibility index (Phi) is 5.50. The summed E-state index contributed by atoms with van der Waals surface area (Å²) < 4.78 is 0. The molecular weight excluding hydrogens is 386 g/mol. The van der Waals surface area contributed by atoms with Crippen LogP contribution in [-0.2, 0) is 6.54 Å². The first-order valence-corrected chi connectivity index (χ1v) is 10.5. The largest absolute Gasteiger partial charge is 0.338 e. The maximum atomic E-state index is 12.7. The highest BCUT2D eigenvalue weighted by atomic mass is 35.5. The molecule has 1 heterocycles. The molecule has 0 unspecified atom stereocenters. The summed E-state index contributed by atoms with van der Waals surface area (Å²) in [5, 5.41) is 6.63. The molecule has 152 valence electrons. The smallest absolute Gasteiger partial charge is 0.315 e. The van der Waals surface area contributed by atoms with E-state index in [-0.39, 0.29) is 23.4 Å². The zero-order chi connectivity index (χ0) is 20.4. The monoisotopic (exact) mass is 411 g/mol. The third-order valence-electron chi connectivity index (χ3n) is 6.08. The van der Waals surface area contributed by atoms with Crippen molar-refractivity contribution in [1.29, 1.82) is 0 Å². The minimum atomic E-state index is -0.148. The van der Waals surface area contributed by atoms with Crippen molar-refractivity contribution in [2.24, 2.45) is 5.41 Å². The molecule has 0 aromatic heterocycles. The normalized spacial score (nSPS) is 23.0. The van der Waals surface area contributed by atoms with Gasteiger partial charge in [-0.05, 0) is 61.4 Å². The number of benzene rings is 2. The summed E-state index contributed by atoms with van der Waals surface area (Å²) in [5.41, 5.74) is 3.08. The van der Waals surface area contributed by atoms with Gasteiger partial charge in [-0.2, -0.15) is 0 Å². The van der Waals surface area contributed by atoms with Crippen molar-refractivity contribution in [1.82, 2.24) is 15.5 Å². The van der Waals surface area contributed by atoms with E-state index >= 15 is 0 Å². The average Bonchev–Trinajstić information content (AvgIpc) is 3.13. The molecule has 2 aromatic carbocycles. The van der Waals surface area contributed by atoms with E-state index in [1.807, 2.05) is 60.4 Å². The molecule has 0 bridgehead atoms. The molecule has 5 nitrogen and oxygen atoms in total. The molecule has 1 aliphatic heterocycles. The number of rotatable bonds is 4. The summed E-state index contributed by atoms with van der Waals surface area (Å²) in [4.78, 5) is 26.8. The minimum absolute atomic E-state index is 0.110. The van der Waals surface area contributed by atoms with Gasteiger partial charge in [0.1, 0.15) is 0 Å². The van der Waals surface area contributed by atoms with Crippen LogP contribution in [0.3, 0.4) is 0 Å². The van der Waals surface area contributed by atoms with Gasteiger partial charge in [-0.3, -0.25) is 4.79 Å². The van der Waals surface area contributed by atoms with Crippen LogP contribution in [0.25, 0.3) is 0 Å². The number of nitrogens with one attached hydrogen (secondary N) is 2. The Bertz CT molecular complexity index is 889. The lowest BCUT2D eigenvalue weighted by Gasteiger charge is -2.45. The molecule has 1 aliphatic carbocycles. The van der Waals surface area contributed by atoms with Gasteiger partial charge in [0, 0.05) is 36.3 Å². The summed E-state index contributed by atoms with van der Waals surface area (Å²) >= 11 is 5.88. The highest BCUT2D eigenvalue weighted by Gasteiger charge is 2.49. The van der Waals surface area contributed by atoms with Gasteiger partial charge in [0.2, 0.25) is 0 Å². The van der Waals surface area contributed by atoms with Crippen molar-refractivity contribution < 1.29 is 9.59 Å². The number of urea groups is 1. The van der Waals surface area contributed by atoms with Crippen LogP contribution in [0.15, 0.2) is 48.5 Å². The first-order valence-electron chi connectivity index (χ1n) is 10.1. The molecule has 2 aliphatic rings. The number of aryl methyl sites for hydroxylation is 1. The highest BCUT2D eigenvalue weighted by molar-refractivity contribution is 6.30. The van der Waals surface area contributed by atoms with Gasteiger partial charge in [0.15, 0.2) is 0 Å². The van der Waals surface area contributed by atoms with Gasteiger partial charge in [0.25, 0.3) is 5.91 Å². The standard InChI is InChI=1S/C23H26ClN3O2/c1-16-2-6-18(7-3-16)21(28)27-11-10-23(15-27)12-20(13-23)26-22(29)25-14-17-4-8-19(24)9-5-17/h2-9,20H,10-15H2,1H3,(H2,25,26,29). The summed E-state index contributed by atoms with van der Waals surface area (Å²) in [6.07, 6.45) is 2.87. The van der Waals surface area contributed by atoms with E-state index in [4.69, 9.17) is 11.6 Å². The van der Waals surface area contributed by atoms with E-state index in [9.17, 15) is 9.59 Å². The predicted molar refractivity (Wildman–Crippen MR) is 114 cm³/mol. The van der Waals surface area contributed by atoms with Crippen molar-refractivity contribution in [2.45, 2.75) is 38.8 Å². The molecule has 1 spiro atoms. The first-order chi connectivity index (χ1) is 13.9. The van der Waals surface area contributed by atoms with Crippen LogP contribution in [0, 0.1) is 12.3 Å². The molecule has 29 heavy (non-hydrogen) atoms. The summed E-state index contributed by atoms with van der Waals surface area (Å²) in [5.74, 6) is 0.110. The SMILES string of the molecule is Cc1ccc(C(=O)N2CCC3(CC(NC(=O)NCc4ccc(Cl)cc4)C3)C2)cc1. The van der Waals surface area contributed by atoms with E-state index in [0.29, 0.717) is 11.6 Å². The summed E-state index contributed by atoms with van der Waals surface area (Å²) in [7, 11) is 0. The van der Waals surface area contributed by atoms with Gasteiger partial charge in [-0.1, -0.05) is 41.4 Å². The van der Waals surface area contributed by atoms with Crippen LogP contribution in [0.4, 0.5) is 4.79 Å². The number of hydrogen-bond acceptors (Lipinski definition) is 2. The highest BCUT2D eigenvalue weighted by Crippen LogP contribution is 2.48. The Morgan fingerprint density at radius 3 is 2.48 bits per heavy atom. The average molecular weight is 412 g/mol. The van der Waals surface area contributed by atoms with Crippen LogP contribution < -0.4 is 10.6 Å². The number of carbonyl (C=O) groups excluding carboxylic acids is 2. The number of hydrogen-bond donors (Lipinski definition) is 2. The van der Waals surface area contributed by atoms with E-state index in [2.05, 4.69) is 10.6 Å². The second kappa shape index (κ2) is 8.07. The first kappa shape index (κ1) is 19.8. The van der Waals surface area contributed by atoms with E-state index in [1.165, 1.54) is 0 Å². The Morgan fingerprint density at radius 2 is 1.79 bits per heavy atom. The van der Waals surface area contributed by atoms with Gasteiger partial charge in [0.05, 0.1) is 0 Å². The quantitative estimate of drug-likeness (QED) is 0.794. The van der Waals surface area contributed by atoms with Crippen LogP contribution in [0.1, 0.15) is 40.7 Å². The second-order valence-corrected chi connectivity index (χ2v) is 8.84. The molecule has 2 fully saturated rings. The molecule has 1 saturated carbocycles. The number of halogens is 1.